The predicted octanol–water partition coefficient (Wildman–Crippen LogP) is 4.42. The number of hydrogen-bond donors (Lipinski definition) is 1. The van der Waals surface area contributed by atoms with E-state index in [1.807, 2.05) is 31.2 Å². The van der Waals surface area contributed by atoms with Crippen molar-refractivity contribution in [3.05, 3.63) is 76.8 Å². The molecular formula is C30H36ClN3O7S. The Morgan fingerprint density at radius 2 is 1.60 bits per heavy atom. The van der Waals surface area contributed by atoms with E-state index in [0.29, 0.717) is 12.2 Å². The second-order valence-electron chi connectivity index (χ2n) is 9.39. The van der Waals surface area contributed by atoms with E-state index < -0.39 is 28.5 Å². The van der Waals surface area contributed by atoms with Crippen LogP contribution in [0.3, 0.4) is 0 Å². The third kappa shape index (κ3) is 7.27. The quantitative estimate of drug-likeness (QED) is 0.302. The molecule has 0 saturated carbocycles. The first-order valence-corrected chi connectivity index (χ1v) is 15.0. The number of likely N-dealkylation sites (N-methyl/N-ethyl adjacent to an activating group) is 1. The van der Waals surface area contributed by atoms with Crippen molar-refractivity contribution < 1.29 is 32.2 Å². The zero-order chi connectivity index (χ0) is 31.0. The molecule has 0 fully saturated rings. The molecule has 1 N–H and O–H groups in total. The fraction of sp³-hybridized carbons (Fsp3) is 0.333. The van der Waals surface area contributed by atoms with Crippen LogP contribution in [-0.4, -0.2) is 66.1 Å². The van der Waals surface area contributed by atoms with Crippen LogP contribution in [0.15, 0.2) is 65.6 Å². The summed E-state index contributed by atoms with van der Waals surface area (Å²) in [5.41, 5.74) is 1.83. The van der Waals surface area contributed by atoms with Gasteiger partial charge in [0.1, 0.15) is 18.3 Å². The molecule has 0 aliphatic carbocycles. The molecule has 1 atom stereocenters. The Bertz CT molecular complexity index is 1530. The highest BCUT2D eigenvalue weighted by molar-refractivity contribution is 7.92. The van der Waals surface area contributed by atoms with Gasteiger partial charge < -0.3 is 24.4 Å². The first-order valence-electron chi connectivity index (χ1n) is 13.2. The van der Waals surface area contributed by atoms with Crippen molar-refractivity contribution in [2.24, 2.45) is 0 Å². The first kappa shape index (κ1) is 32.6. The zero-order valence-electron chi connectivity index (χ0n) is 24.5. The molecular weight excluding hydrogens is 582 g/mol. The maximum absolute atomic E-state index is 14.3. The summed E-state index contributed by atoms with van der Waals surface area (Å²) in [6, 6.07) is 15.3. The van der Waals surface area contributed by atoms with Crippen molar-refractivity contribution in [2.75, 3.05) is 39.2 Å². The lowest BCUT2D eigenvalue weighted by molar-refractivity contribution is -0.140. The summed E-state index contributed by atoms with van der Waals surface area (Å²) in [5.74, 6) is -0.263. The molecule has 0 saturated heterocycles. The Morgan fingerprint density at radius 3 is 2.19 bits per heavy atom. The van der Waals surface area contributed by atoms with Gasteiger partial charge in [0.05, 0.1) is 31.9 Å². The monoisotopic (exact) mass is 617 g/mol. The molecule has 0 spiro atoms. The topological polar surface area (TPSA) is 114 Å². The molecule has 2 amide bonds. The summed E-state index contributed by atoms with van der Waals surface area (Å²) >= 11 is 6.29. The molecule has 0 heterocycles. The highest BCUT2D eigenvalue weighted by Gasteiger charge is 2.35. The van der Waals surface area contributed by atoms with E-state index in [1.165, 1.54) is 63.6 Å². The van der Waals surface area contributed by atoms with Crippen molar-refractivity contribution in [1.29, 1.82) is 0 Å². The minimum absolute atomic E-state index is 0.0524. The normalized spacial score (nSPS) is 11.8. The van der Waals surface area contributed by atoms with Crippen LogP contribution < -0.4 is 23.8 Å². The number of sulfonamides is 1. The highest BCUT2D eigenvalue weighted by atomic mass is 35.5. The molecule has 3 aromatic carbocycles. The zero-order valence-corrected chi connectivity index (χ0v) is 26.1. The minimum atomic E-state index is -4.42. The second kappa shape index (κ2) is 14.3. The molecule has 0 radical (unpaired) electrons. The van der Waals surface area contributed by atoms with Crippen LogP contribution in [0.25, 0.3) is 0 Å². The summed E-state index contributed by atoms with van der Waals surface area (Å²) in [6.45, 7) is 3.15. The number of nitrogens with one attached hydrogen (secondary N) is 1. The van der Waals surface area contributed by atoms with Crippen molar-refractivity contribution in [2.45, 2.75) is 37.8 Å². The van der Waals surface area contributed by atoms with E-state index >= 15 is 0 Å². The van der Waals surface area contributed by atoms with E-state index in [9.17, 15) is 18.0 Å². The Kier molecular flexibility index (Phi) is 11.1. The van der Waals surface area contributed by atoms with E-state index in [1.54, 1.807) is 13.0 Å². The lowest BCUT2D eigenvalue weighted by atomic mass is 10.1. The van der Waals surface area contributed by atoms with Crippen LogP contribution in [0, 0.1) is 6.92 Å². The highest BCUT2D eigenvalue weighted by Crippen LogP contribution is 2.37. The molecule has 12 heteroatoms. The summed E-state index contributed by atoms with van der Waals surface area (Å²) in [6.07, 6.45) is 0.306. The molecule has 10 nitrogen and oxygen atoms in total. The standard InChI is InChI=1S/C30H36ClN3O7S/c1-7-24(30(36)32-3)33(18-21-10-8-9-20(2)15-21)29(35)19-34(25-16-22(31)11-13-26(25)39-4)42(37,38)23-12-14-27(40-5)28(17-23)41-6/h8-17,24H,7,18-19H2,1-6H3,(H,32,36)/t24-/m0/s1. The van der Waals surface area contributed by atoms with Gasteiger partial charge in [-0.1, -0.05) is 48.4 Å². The summed E-state index contributed by atoms with van der Waals surface area (Å²) in [5, 5.41) is 2.85. The molecule has 226 valence electrons. The Hall–Kier alpha value is -3.96. The van der Waals surface area contributed by atoms with Gasteiger partial charge in [0, 0.05) is 24.7 Å². The molecule has 42 heavy (non-hydrogen) atoms. The lowest BCUT2D eigenvalue weighted by Gasteiger charge is -2.33. The predicted molar refractivity (Wildman–Crippen MR) is 162 cm³/mol. The molecule has 3 rings (SSSR count). The van der Waals surface area contributed by atoms with Gasteiger partial charge >= 0.3 is 0 Å². The number of carbonyl (C=O) groups is 2. The molecule has 0 aliphatic heterocycles. The van der Waals surface area contributed by atoms with Crippen LogP contribution in [0.4, 0.5) is 5.69 Å². The van der Waals surface area contributed by atoms with E-state index in [-0.39, 0.29) is 39.6 Å². The number of halogens is 1. The van der Waals surface area contributed by atoms with Gasteiger partial charge in [0.15, 0.2) is 11.5 Å². The number of rotatable bonds is 13. The van der Waals surface area contributed by atoms with Gasteiger partial charge in [0.25, 0.3) is 10.0 Å². The van der Waals surface area contributed by atoms with Crippen LogP contribution in [0.2, 0.25) is 5.02 Å². The van der Waals surface area contributed by atoms with Crippen molar-refractivity contribution in [1.82, 2.24) is 10.2 Å². The number of methoxy groups -OCH3 is 3. The third-order valence-electron chi connectivity index (χ3n) is 6.70. The van der Waals surface area contributed by atoms with Crippen molar-refractivity contribution >= 4 is 39.1 Å². The third-order valence-corrected chi connectivity index (χ3v) is 8.69. The number of ether oxygens (including phenoxy) is 3. The summed E-state index contributed by atoms with van der Waals surface area (Å²) in [7, 11) is 1.29. The van der Waals surface area contributed by atoms with Crippen LogP contribution in [0.5, 0.6) is 17.2 Å². The maximum atomic E-state index is 14.3. The second-order valence-corrected chi connectivity index (χ2v) is 11.7. The molecule has 0 unspecified atom stereocenters. The lowest BCUT2D eigenvalue weighted by Crippen LogP contribution is -2.51. The fourth-order valence-corrected chi connectivity index (χ4v) is 6.17. The number of anilines is 1. The van der Waals surface area contributed by atoms with Crippen LogP contribution >= 0.6 is 11.6 Å². The number of hydrogen-bond acceptors (Lipinski definition) is 7. The summed E-state index contributed by atoms with van der Waals surface area (Å²) < 4.78 is 45.5. The number of benzene rings is 3. The van der Waals surface area contributed by atoms with E-state index in [2.05, 4.69) is 5.32 Å². The number of aryl methyl sites for hydroxylation is 1. The Labute approximate surface area is 252 Å². The van der Waals surface area contributed by atoms with Crippen LogP contribution in [0.1, 0.15) is 24.5 Å². The molecule has 0 aromatic heterocycles. The van der Waals surface area contributed by atoms with Gasteiger partial charge in [-0.05, 0) is 49.2 Å². The van der Waals surface area contributed by atoms with Gasteiger partial charge in [-0.25, -0.2) is 8.42 Å². The molecule has 0 bridgehead atoms. The van der Waals surface area contributed by atoms with Gasteiger partial charge in [-0.3, -0.25) is 13.9 Å². The Balaban J connectivity index is 2.18. The van der Waals surface area contributed by atoms with Crippen LogP contribution in [-0.2, 0) is 26.2 Å². The average Bonchev–Trinajstić information content (AvgIpc) is 2.98. The largest absolute Gasteiger partial charge is 0.495 e. The smallest absolute Gasteiger partial charge is 0.265 e. The number of amides is 2. The maximum Gasteiger partial charge on any atom is 0.265 e. The minimum Gasteiger partial charge on any atom is -0.495 e. The SMILES string of the molecule is CC[C@@H](C(=O)NC)N(Cc1cccc(C)c1)C(=O)CN(c1cc(Cl)ccc1OC)S(=O)(=O)c1ccc(OC)c(OC)c1. The number of nitrogens with zero attached hydrogens (tertiary/aromatic N) is 2. The number of carbonyl (C=O) groups excluding carboxylic acids is 2. The van der Waals surface area contributed by atoms with Crippen molar-refractivity contribution in [3.63, 3.8) is 0 Å². The fourth-order valence-electron chi connectivity index (χ4n) is 4.57. The van der Waals surface area contributed by atoms with E-state index in [4.69, 9.17) is 25.8 Å². The van der Waals surface area contributed by atoms with Gasteiger partial charge in [0.2, 0.25) is 11.8 Å². The average molecular weight is 618 g/mol. The molecule has 0 aliphatic rings. The van der Waals surface area contributed by atoms with E-state index in [0.717, 1.165) is 15.4 Å². The first-order chi connectivity index (χ1) is 20.0. The Morgan fingerprint density at radius 1 is 0.929 bits per heavy atom. The summed E-state index contributed by atoms with van der Waals surface area (Å²) in [4.78, 5) is 28.3. The van der Waals surface area contributed by atoms with Gasteiger partial charge in [-0.15, -0.1) is 0 Å². The van der Waals surface area contributed by atoms with Crippen molar-refractivity contribution in [3.8, 4) is 17.2 Å². The molecule has 3 aromatic rings. The van der Waals surface area contributed by atoms with Gasteiger partial charge in [-0.2, -0.15) is 0 Å².